The number of benzene rings is 1. The molecule has 1 atom stereocenters. The topological polar surface area (TPSA) is 78.9 Å². The van der Waals surface area contributed by atoms with Crippen LogP contribution >= 0.6 is 23.4 Å². The molecule has 0 saturated carbocycles. The van der Waals surface area contributed by atoms with Crippen LogP contribution in [0.3, 0.4) is 0 Å². The van der Waals surface area contributed by atoms with Crippen molar-refractivity contribution in [2.75, 3.05) is 24.1 Å². The molecule has 2 amide bonds. The average Bonchev–Trinajstić information content (AvgIpc) is 2.90. The van der Waals surface area contributed by atoms with Crippen LogP contribution in [0, 0.1) is 0 Å². The molecule has 2 N–H and O–H groups in total. The summed E-state index contributed by atoms with van der Waals surface area (Å²) in [6, 6.07) is 3.55. The van der Waals surface area contributed by atoms with Crippen molar-refractivity contribution in [3.63, 3.8) is 0 Å². The van der Waals surface area contributed by atoms with Crippen molar-refractivity contribution >= 4 is 41.1 Å². The Labute approximate surface area is 125 Å². The predicted octanol–water partition coefficient (Wildman–Crippen LogP) is 2.34. The quantitative estimate of drug-likeness (QED) is 0.895. The zero-order valence-corrected chi connectivity index (χ0v) is 12.2. The molecule has 0 radical (unpaired) electrons. The first-order valence-corrected chi connectivity index (χ1v) is 7.28. The van der Waals surface area contributed by atoms with Crippen molar-refractivity contribution in [3.05, 3.63) is 23.2 Å². The number of hydrogen-bond acceptors (Lipinski definition) is 4. The van der Waals surface area contributed by atoms with Crippen LogP contribution in [0.2, 0.25) is 5.02 Å². The minimum Gasteiger partial charge on any atom is -0.497 e. The number of carbonyl (C=O) groups is 2. The fourth-order valence-corrected chi connectivity index (χ4v) is 3.07. The highest BCUT2D eigenvalue weighted by Crippen LogP contribution is 2.28. The van der Waals surface area contributed by atoms with E-state index in [1.807, 2.05) is 0 Å². The molecule has 0 aliphatic carbocycles. The largest absolute Gasteiger partial charge is 0.497 e. The van der Waals surface area contributed by atoms with Gasteiger partial charge in [-0.1, -0.05) is 11.6 Å². The Bertz CT molecular complexity index is 540. The lowest BCUT2D eigenvalue weighted by Crippen LogP contribution is -2.44. The maximum absolute atomic E-state index is 12.1. The number of thioether (sulfide) groups is 1. The lowest BCUT2D eigenvalue weighted by molar-refractivity contribution is -0.140. The number of aliphatic carboxylic acids is 1. The van der Waals surface area contributed by atoms with Crippen LogP contribution in [-0.2, 0) is 4.79 Å². The molecule has 2 rings (SSSR count). The third-order valence-electron chi connectivity index (χ3n) is 2.84. The van der Waals surface area contributed by atoms with E-state index in [4.69, 9.17) is 21.4 Å². The van der Waals surface area contributed by atoms with Crippen molar-refractivity contribution in [3.8, 4) is 5.75 Å². The van der Waals surface area contributed by atoms with Gasteiger partial charge in [-0.3, -0.25) is 0 Å². The third-order valence-corrected chi connectivity index (χ3v) is 4.19. The van der Waals surface area contributed by atoms with E-state index < -0.39 is 18.0 Å². The summed E-state index contributed by atoms with van der Waals surface area (Å²) in [4.78, 5) is 24.4. The number of anilines is 1. The minimum absolute atomic E-state index is 0.338. The first-order chi connectivity index (χ1) is 9.52. The van der Waals surface area contributed by atoms with Crippen LogP contribution in [0.4, 0.5) is 10.5 Å². The average molecular weight is 317 g/mol. The summed E-state index contributed by atoms with van der Waals surface area (Å²) in [7, 11) is 1.51. The summed E-state index contributed by atoms with van der Waals surface area (Å²) in [5, 5.41) is 12.0. The molecule has 0 unspecified atom stereocenters. The number of hydrogen-bond donors (Lipinski definition) is 2. The summed E-state index contributed by atoms with van der Waals surface area (Å²) < 4.78 is 5.05. The summed E-state index contributed by atoms with van der Waals surface area (Å²) in [6.45, 7) is 0. The number of methoxy groups -OCH3 is 1. The van der Waals surface area contributed by atoms with Crippen LogP contribution in [0.25, 0.3) is 0 Å². The summed E-state index contributed by atoms with van der Waals surface area (Å²) in [5.41, 5.74) is 0.386. The molecule has 1 fully saturated rings. The molecule has 108 valence electrons. The van der Waals surface area contributed by atoms with E-state index in [1.165, 1.54) is 23.8 Å². The SMILES string of the molecule is COc1ccc(Cl)c(NC(=O)N2CSC[C@H]2C(=O)O)c1. The van der Waals surface area contributed by atoms with Gasteiger partial charge in [-0.15, -0.1) is 11.8 Å². The Morgan fingerprint density at radius 2 is 2.30 bits per heavy atom. The van der Waals surface area contributed by atoms with Crippen molar-refractivity contribution < 1.29 is 19.4 Å². The second-order valence-electron chi connectivity index (χ2n) is 4.10. The van der Waals surface area contributed by atoms with Crippen LogP contribution in [0.1, 0.15) is 0 Å². The van der Waals surface area contributed by atoms with Gasteiger partial charge in [-0.05, 0) is 12.1 Å². The number of carboxylic acids is 1. The molecular formula is C12H13ClN2O4S. The number of urea groups is 1. The number of amides is 2. The number of rotatable bonds is 3. The summed E-state index contributed by atoms with van der Waals surface area (Å²) in [5.74, 6) is 0.260. The van der Waals surface area contributed by atoms with Crippen LogP contribution in [0.5, 0.6) is 5.75 Å². The van der Waals surface area contributed by atoms with E-state index in [0.29, 0.717) is 28.1 Å². The van der Waals surface area contributed by atoms with E-state index in [1.54, 1.807) is 18.2 Å². The Balaban J connectivity index is 2.13. The van der Waals surface area contributed by atoms with Gasteiger partial charge in [0, 0.05) is 11.8 Å². The second-order valence-corrected chi connectivity index (χ2v) is 5.51. The van der Waals surface area contributed by atoms with E-state index in [0.717, 1.165) is 0 Å². The van der Waals surface area contributed by atoms with Crippen LogP contribution in [-0.4, -0.2) is 46.8 Å². The number of nitrogens with one attached hydrogen (secondary N) is 1. The number of nitrogens with zero attached hydrogens (tertiary/aromatic N) is 1. The van der Waals surface area contributed by atoms with Gasteiger partial charge >= 0.3 is 12.0 Å². The smallest absolute Gasteiger partial charge is 0.327 e. The highest BCUT2D eigenvalue weighted by Gasteiger charge is 2.34. The van der Waals surface area contributed by atoms with Gasteiger partial charge in [0.25, 0.3) is 0 Å². The number of halogens is 1. The Morgan fingerprint density at radius 1 is 1.55 bits per heavy atom. The molecule has 1 saturated heterocycles. The van der Waals surface area contributed by atoms with Crippen molar-refractivity contribution in [2.45, 2.75) is 6.04 Å². The van der Waals surface area contributed by atoms with Gasteiger partial charge in [0.2, 0.25) is 0 Å². The summed E-state index contributed by atoms with van der Waals surface area (Å²) in [6.07, 6.45) is 0. The Morgan fingerprint density at radius 3 is 2.95 bits per heavy atom. The van der Waals surface area contributed by atoms with Gasteiger partial charge in [-0.2, -0.15) is 0 Å². The fraction of sp³-hybridized carbons (Fsp3) is 0.333. The molecule has 0 spiro atoms. The lowest BCUT2D eigenvalue weighted by Gasteiger charge is -2.21. The van der Waals surface area contributed by atoms with Gasteiger partial charge in [0.1, 0.15) is 11.8 Å². The second kappa shape index (κ2) is 6.23. The minimum atomic E-state index is -1.01. The third kappa shape index (κ3) is 3.10. The molecule has 8 heteroatoms. The molecule has 1 aliphatic rings. The zero-order chi connectivity index (χ0) is 14.7. The highest BCUT2D eigenvalue weighted by molar-refractivity contribution is 7.99. The van der Waals surface area contributed by atoms with Gasteiger partial charge in [-0.25, -0.2) is 9.59 Å². The molecule has 1 aliphatic heterocycles. The Kier molecular flexibility index (Phi) is 4.61. The van der Waals surface area contributed by atoms with E-state index in [9.17, 15) is 9.59 Å². The maximum atomic E-state index is 12.1. The van der Waals surface area contributed by atoms with Crippen molar-refractivity contribution in [2.24, 2.45) is 0 Å². The molecule has 20 heavy (non-hydrogen) atoms. The number of carbonyl (C=O) groups excluding carboxylic acids is 1. The molecular weight excluding hydrogens is 304 g/mol. The molecule has 0 bridgehead atoms. The monoisotopic (exact) mass is 316 g/mol. The van der Waals surface area contributed by atoms with Crippen LogP contribution < -0.4 is 10.1 Å². The van der Waals surface area contributed by atoms with Gasteiger partial charge in [0.15, 0.2) is 0 Å². The highest BCUT2D eigenvalue weighted by atomic mass is 35.5. The maximum Gasteiger partial charge on any atom is 0.327 e. The van der Waals surface area contributed by atoms with Crippen molar-refractivity contribution in [1.82, 2.24) is 4.90 Å². The van der Waals surface area contributed by atoms with Crippen LogP contribution in [0.15, 0.2) is 18.2 Å². The summed E-state index contributed by atoms with van der Waals surface area (Å²) >= 11 is 7.39. The number of ether oxygens (including phenoxy) is 1. The normalized spacial score (nSPS) is 17.9. The zero-order valence-electron chi connectivity index (χ0n) is 10.6. The molecule has 6 nitrogen and oxygen atoms in total. The molecule has 1 aromatic rings. The predicted molar refractivity (Wildman–Crippen MR) is 77.6 cm³/mol. The fourth-order valence-electron chi connectivity index (χ4n) is 1.76. The van der Waals surface area contributed by atoms with Gasteiger partial charge in [0.05, 0.1) is 23.7 Å². The van der Waals surface area contributed by atoms with E-state index in [2.05, 4.69) is 5.32 Å². The molecule has 1 aromatic carbocycles. The molecule has 0 aromatic heterocycles. The lowest BCUT2D eigenvalue weighted by atomic mass is 10.3. The van der Waals surface area contributed by atoms with E-state index >= 15 is 0 Å². The number of carboxylic acid groups (broad SMARTS) is 1. The first-order valence-electron chi connectivity index (χ1n) is 5.74. The molecule has 1 heterocycles. The van der Waals surface area contributed by atoms with Crippen molar-refractivity contribution in [1.29, 1.82) is 0 Å². The Hall–Kier alpha value is -1.60. The van der Waals surface area contributed by atoms with E-state index in [-0.39, 0.29) is 0 Å². The standard InChI is InChI=1S/C12H13ClN2O4S/c1-19-7-2-3-8(13)9(4-7)14-12(18)15-6-20-5-10(15)11(16)17/h2-4,10H,5-6H2,1H3,(H,14,18)(H,16,17)/t10-/m0/s1. The van der Waals surface area contributed by atoms with Gasteiger partial charge < -0.3 is 20.1 Å². The first kappa shape index (κ1) is 14.8.